The highest BCUT2D eigenvalue weighted by molar-refractivity contribution is 5.98. The molecule has 0 aromatic heterocycles. The zero-order valence-corrected chi connectivity index (χ0v) is 15.4. The van der Waals surface area contributed by atoms with Gasteiger partial charge in [-0.1, -0.05) is 24.3 Å². The summed E-state index contributed by atoms with van der Waals surface area (Å²) in [7, 11) is 0. The Balaban J connectivity index is 1.78. The third kappa shape index (κ3) is 6.82. The first kappa shape index (κ1) is 20.6. The molecule has 1 aliphatic rings. The number of carbonyl (C=O) groups is 3. The topological polar surface area (TPSA) is 108 Å². The summed E-state index contributed by atoms with van der Waals surface area (Å²) in [4.78, 5) is 37.2. The second kappa shape index (κ2) is 10.4. The van der Waals surface area contributed by atoms with Crippen molar-refractivity contribution >= 4 is 24.0 Å². The highest BCUT2D eigenvalue weighted by Crippen LogP contribution is 2.13. The molecular weight excluding hydrogens is 350 g/mol. The molecule has 1 aromatic rings. The lowest BCUT2D eigenvalue weighted by atomic mass is 10.0. The second-order valence-electron chi connectivity index (χ2n) is 6.25. The molecule has 1 aliphatic heterocycles. The van der Waals surface area contributed by atoms with E-state index in [0.29, 0.717) is 37.1 Å². The van der Waals surface area contributed by atoms with Crippen molar-refractivity contribution in [1.82, 2.24) is 10.3 Å². The van der Waals surface area contributed by atoms with Crippen molar-refractivity contribution in [2.24, 2.45) is 5.10 Å². The molecule has 1 saturated heterocycles. The van der Waals surface area contributed by atoms with E-state index >= 15 is 0 Å². The van der Waals surface area contributed by atoms with Crippen molar-refractivity contribution in [2.45, 2.75) is 38.7 Å². The van der Waals surface area contributed by atoms with E-state index in [2.05, 4.69) is 15.3 Å². The van der Waals surface area contributed by atoms with Gasteiger partial charge in [0.2, 0.25) is 5.91 Å². The predicted molar refractivity (Wildman–Crippen MR) is 99.6 cm³/mol. The molecule has 8 nitrogen and oxygen atoms in total. The van der Waals surface area contributed by atoms with Crippen molar-refractivity contribution < 1.29 is 24.2 Å². The lowest BCUT2D eigenvalue weighted by Crippen LogP contribution is -2.40. The molecule has 0 bridgehead atoms. The van der Waals surface area contributed by atoms with Crippen LogP contribution in [0.2, 0.25) is 0 Å². The Kier molecular flexibility index (Phi) is 7.94. The number of ether oxygens (including phenoxy) is 1. The minimum absolute atomic E-state index is 0.0518. The summed E-state index contributed by atoms with van der Waals surface area (Å²) in [5.74, 6) is -0.155. The fourth-order valence-electron chi connectivity index (χ4n) is 2.72. The molecule has 146 valence electrons. The first-order valence-corrected chi connectivity index (χ1v) is 9.04. The summed E-state index contributed by atoms with van der Waals surface area (Å²) in [5.41, 5.74) is 3.45. The number of aliphatic hydroxyl groups is 1. The van der Waals surface area contributed by atoms with Gasteiger partial charge in [-0.05, 0) is 25.3 Å². The van der Waals surface area contributed by atoms with E-state index in [1.54, 1.807) is 36.1 Å². The van der Waals surface area contributed by atoms with Gasteiger partial charge in [0.05, 0.1) is 18.9 Å². The average Bonchev–Trinajstić information content (AvgIpc) is 2.67. The zero-order valence-electron chi connectivity index (χ0n) is 15.4. The van der Waals surface area contributed by atoms with Crippen LogP contribution in [0.5, 0.6) is 0 Å². The normalized spacial score (nSPS) is 15.0. The fourth-order valence-corrected chi connectivity index (χ4v) is 2.72. The van der Waals surface area contributed by atoms with Gasteiger partial charge in [-0.2, -0.15) is 5.10 Å². The highest BCUT2D eigenvalue weighted by atomic mass is 16.5. The number of aliphatic hydroxyl groups excluding tert-OH is 1. The summed E-state index contributed by atoms with van der Waals surface area (Å²) in [6.45, 7) is 3.05. The predicted octanol–water partition coefficient (Wildman–Crippen LogP) is 1.71. The number of amides is 2. The standard InChI is InChI=1S/C19H25N3O5/c1-2-27-19(26)21-20-13-14-3-5-15(6-4-14)17(24)7-8-18(25)22-11-9-16(23)10-12-22/h3-6,13,16,23H,2,7-12H2,1H3,(H,21,26). The molecule has 1 fully saturated rings. The van der Waals surface area contributed by atoms with Crippen molar-refractivity contribution in [3.8, 4) is 0 Å². The van der Waals surface area contributed by atoms with Crippen LogP contribution in [-0.2, 0) is 9.53 Å². The summed E-state index contributed by atoms with van der Waals surface area (Å²) < 4.78 is 4.67. The molecular formula is C19H25N3O5. The van der Waals surface area contributed by atoms with Crippen LogP contribution in [0.25, 0.3) is 0 Å². The molecule has 0 saturated carbocycles. The van der Waals surface area contributed by atoms with Crippen molar-refractivity contribution in [1.29, 1.82) is 0 Å². The molecule has 8 heteroatoms. The lowest BCUT2D eigenvalue weighted by Gasteiger charge is -2.29. The molecule has 0 atom stereocenters. The second-order valence-corrected chi connectivity index (χ2v) is 6.25. The van der Waals surface area contributed by atoms with E-state index in [0.717, 1.165) is 0 Å². The minimum Gasteiger partial charge on any atom is -0.449 e. The van der Waals surface area contributed by atoms with E-state index in [4.69, 9.17) is 0 Å². The molecule has 1 aromatic carbocycles. The maximum absolute atomic E-state index is 12.3. The van der Waals surface area contributed by atoms with Crippen LogP contribution >= 0.6 is 0 Å². The molecule has 0 unspecified atom stereocenters. The molecule has 27 heavy (non-hydrogen) atoms. The van der Waals surface area contributed by atoms with Gasteiger partial charge in [-0.3, -0.25) is 9.59 Å². The van der Waals surface area contributed by atoms with Crippen molar-refractivity contribution in [3.05, 3.63) is 35.4 Å². The number of ketones is 1. The number of piperidine rings is 1. The van der Waals surface area contributed by atoms with Crippen molar-refractivity contribution in [3.63, 3.8) is 0 Å². The van der Waals surface area contributed by atoms with Gasteiger partial charge in [0.15, 0.2) is 5.78 Å². The quantitative estimate of drug-likeness (QED) is 0.428. The van der Waals surface area contributed by atoms with Gasteiger partial charge in [0, 0.05) is 31.5 Å². The van der Waals surface area contributed by atoms with E-state index in [1.165, 1.54) is 6.21 Å². The maximum atomic E-state index is 12.3. The number of rotatable bonds is 7. The molecule has 2 rings (SSSR count). The van der Waals surface area contributed by atoms with E-state index in [1.807, 2.05) is 0 Å². The Morgan fingerprint density at radius 2 is 1.89 bits per heavy atom. The van der Waals surface area contributed by atoms with E-state index in [9.17, 15) is 19.5 Å². The van der Waals surface area contributed by atoms with Gasteiger partial charge in [-0.25, -0.2) is 10.2 Å². The van der Waals surface area contributed by atoms with E-state index in [-0.39, 0.29) is 37.2 Å². The average molecular weight is 375 g/mol. The van der Waals surface area contributed by atoms with Crippen LogP contribution in [0, 0.1) is 0 Å². The first-order chi connectivity index (χ1) is 13.0. The zero-order chi connectivity index (χ0) is 19.6. The molecule has 0 aliphatic carbocycles. The summed E-state index contributed by atoms with van der Waals surface area (Å²) in [6, 6.07) is 6.74. The Morgan fingerprint density at radius 3 is 2.52 bits per heavy atom. The minimum atomic E-state index is -0.631. The molecule has 0 spiro atoms. The summed E-state index contributed by atoms with van der Waals surface area (Å²) in [5, 5.41) is 13.2. The number of hydrazone groups is 1. The number of carbonyl (C=O) groups excluding carboxylic acids is 3. The largest absolute Gasteiger partial charge is 0.449 e. The highest BCUT2D eigenvalue weighted by Gasteiger charge is 2.21. The SMILES string of the molecule is CCOC(=O)NN=Cc1ccc(C(=O)CCC(=O)N2CCC(O)CC2)cc1. The monoisotopic (exact) mass is 375 g/mol. The Bertz CT molecular complexity index is 679. The van der Waals surface area contributed by atoms with E-state index < -0.39 is 6.09 Å². The van der Waals surface area contributed by atoms with Crippen LogP contribution < -0.4 is 5.43 Å². The van der Waals surface area contributed by atoms with Gasteiger partial charge >= 0.3 is 6.09 Å². The first-order valence-electron chi connectivity index (χ1n) is 9.04. The maximum Gasteiger partial charge on any atom is 0.427 e. The summed E-state index contributed by atoms with van der Waals surface area (Å²) in [6.07, 6.45) is 1.98. The molecule has 2 N–H and O–H groups in total. The van der Waals surface area contributed by atoms with Crippen molar-refractivity contribution in [2.75, 3.05) is 19.7 Å². The number of nitrogens with one attached hydrogen (secondary N) is 1. The number of likely N-dealkylation sites (tertiary alicyclic amines) is 1. The van der Waals surface area contributed by atoms with Gasteiger partial charge in [-0.15, -0.1) is 0 Å². The van der Waals surface area contributed by atoms with Gasteiger partial charge < -0.3 is 14.7 Å². The van der Waals surface area contributed by atoms with Crippen LogP contribution in [0.1, 0.15) is 48.5 Å². The summed E-state index contributed by atoms with van der Waals surface area (Å²) >= 11 is 0. The number of hydrogen-bond donors (Lipinski definition) is 2. The number of hydrogen-bond acceptors (Lipinski definition) is 6. The number of nitrogens with zero attached hydrogens (tertiary/aromatic N) is 2. The van der Waals surface area contributed by atoms with Crippen LogP contribution in [0.3, 0.4) is 0 Å². The molecule has 0 radical (unpaired) electrons. The number of Topliss-reactive ketones (excluding diaryl/α,β-unsaturated/α-hetero) is 1. The third-order valence-electron chi connectivity index (χ3n) is 4.26. The molecule has 1 heterocycles. The van der Waals surface area contributed by atoms with Crippen LogP contribution in [-0.4, -0.2) is 59.8 Å². The Morgan fingerprint density at radius 1 is 1.22 bits per heavy atom. The van der Waals surface area contributed by atoms with Crippen LogP contribution in [0.4, 0.5) is 4.79 Å². The number of benzene rings is 1. The fraction of sp³-hybridized carbons (Fsp3) is 0.474. The molecule has 2 amide bonds. The lowest BCUT2D eigenvalue weighted by molar-refractivity contribution is -0.133. The smallest absolute Gasteiger partial charge is 0.427 e. The Labute approximate surface area is 158 Å². The van der Waals surface area contributed by atoms with Gasteiger partial charge in [0.1, 0.15) is 0 Å². The van der Waals surface area contributed by atoms with Gasteiger partial charge in [0.25, 0.3) is 0 Å². The third-order valence-corrected chi connectivity index (χ3v) is 4.26. The van der Waals surface area contributed by atoms with Crippen LogP contribution in [0.15, 0.2) is 29.4 Å². The Hall–Kier alpha value is -2.74.